The molecule has 0 bridgehead atoms. The minimum atomic E-state index is -0.505. The Morgan fingerprint density at radius 1 is 1.33 bits per heavy atom. The summed E-state index contributed by atoms with van der Waals surface area (Å²) in [5.74, 6) is 0.688. The molecule has 18 heavy (non-hydrogen) atoms. The monoisotopic (exact) mass is 254 g/mol. The average Bonchev–Trinajstić information content (AvgIpc) is 2.34. The summed E-state index contributed by atoms with van der Waals surface area (Å²) in [7, 11) is 7.23. The van der Waals surface area contributed by atoms with Crippen LogP contribution in [0.4, 0.5) is 11.5 Å². The Bertz CT molecular complexity index is 423. The molecule has 1 aromatic rings. The minimum Gasteiger partial charge on any atom is -0.476 e. The van der Waals surface area contributed by atoms with Crippen LogP contribution in [-0.2, 0) is 0 Å². The number of ether oxygens (including phenoxy) is 1. The zero-order chi connectivity index (χ0) is 13.7. The highest BCUT2D eigenvalue weighted by molar-refractivity contribution is 5.50. The summed E-state index contributed by atoms with van der Waals surface area (Å²) < 4.78 is 4.93. The van der Waals surface area contributed by atoms with Crippen molar-refractivity contribution >= 4 is 11.5 Å². The van der Waals surface area contributed by atoms with Gasteiger partial charge in [-0.2, -0.15) is 4.98 Å². The molecule has 0 amide bonds. The van der Waals surface area contributed by atoms with Crippen LogP contribution in [-0.4, -0.2) is 56.1 Å². The zero-order valence-electron chi connectivity index (χ0n) is 11.1. The molecule has 0 fully saturated rings. The lowest BCUT2D eigenvalue weighted by Crippen LogP contribution is -2.29. The number of methoxy groups -OCH3 is 1. The summed E-state index contributed by atoms with van der Waals surface area (Å²) in [6.07, 6.45) is 0. The number of rotatable bonds is 6. The van der Waals surface area contributed by atoms with E-state index < -0.39 is 4.92 Å². The molecule has 0 aliphatic carbocycles. The molecule has 1 heterocycles. The average molecular weight is 254 g/mol. The number of hydrogen-bond donors (Lipinski definition) is 0. The highest BCUT2D eigenvalue weighted by Gasteiger charge is 2.17. The maximum absolute atomic E-state index is 10.7. The van der Waals surface area contributed by atoms with Crippen molar-refractivity contribution in [3.05, 3.63) is 22.2 Å². The summed E-state index contributed by atoms with van der Waals surface area (Å²) >= 11 is 0. The highest BCUT2D eigenvalue weighted by Crippen LogP contribution is 2.26. The van der Waals surface area contributed by atoms with Crippen molar-refractivity contribution in [3.63, 3.8) is 0 Å². The third-order valence-corrected chi connectivity index (χ3v) is 2.49. The van der Waals surface area contributed by atoms with Gasteiger partial charge in [0.1, 0.15) is 5.82 Å². The predicted molar refractivity (Wildman–Crippen MR) is 69.3 cm³/mol. The van der Waals surface area contributed by atoms with E-state index in [1.54, 1.807) is 6.07 Å². The first-order valence-corrected chi connectivity index (χ1v) is 5.51. The molecule has 0 aromatic carbocycles. The van der Waals surface area contributed by atoms with E-state index in [0.29, 0.717) is 5.82 Å². The summed E-state index contributed by atoms with van der Waals surface area (Å²) in [5, 5.41) is 10.7. The summed E-state index contributed by atoms with van der Waals surface area (Å²) in [6, 6.07) is 3.03. The third kappa shape index (κ3) is 3.56. The van der Waals surface area contributed by atoms with Crippen molar-refractivity contribution in [1.29, 1.82) is 0 Å². The van der Waals surface area contributed by atoms with E-state index in [0.717, 1.165) is 13.1 Å². The van der Waals surface area contributed by atoms with Crippen LogP contribution >= 0.6 is 0 Å². The molecule has 0 radical (unpaired) electrons. The van der Waals surface area contributed by atoms with Crippen LogP contribution in [0.2, 0.25) is 0 Å². The second-order valence-electron chi connectivity index (χ2n) is 4.18. The first-order chi connectivity index (χ1) is 8.45. The number of anilines is 1. The molecule has 0 saturated carbocycles. The second-order valence-corrected chi connectivity index (χ2v) is 4.18. The van der Waals surface area contributed by atoms with Gasteiger partial charge >= 0.3 is 5.69 Å². The molecule has 0 atom stereocenters. The van der Waals surface area contributed by atoms with Gasteiger partial charge in [0.25, 0.3) is 5.88 Å². The van der Waals surface area contributed by atoms with Crippen LogP contribution in [0.5, 0.6) is 5.88 Å². The number of likely N-dealkylation sites (N-methyl/N-ethyl adjacent to an activating group) is 2. The van der Waals surface area contributed by atoms with Crippen LogP contribution in [0, 0.1) is 10.1 Å². The number of nitrogens with zero attached hydrogens (tertiary/aromatic N) is 4. The van der Waals surface area contributed by atoms with Gasteiger partial charge in [-0.1, -0.05) is 0 Å². The lowest BCUT2D eigenvalue weighted by Gasteiger charge is -2.20. The summed E-state index contributed by atoms with van der Waals surface area (Å²) in [4.78, 5) is 18.3. The fourth-order valence-corrected chi connectivity index (χ4v) is 1.39. The summed E-state index contributed by atoms with van der Waals surface area (Å²) in [6.45, 7) is 1.65. The van der Waals surface area contributed by atoms with Gasteiger partial charge in [0.05, 0.1) is 12.0 Å². The van der Waals surface area contributed by atoms with Crippen molar-refractivity contribution in [3.8, 4) is 5.88 Å². The van der Waals surface area contributed by atoms with Gasteiger partial charge in [-0.15, -0.1) is 0 Å². The van der Waals surface area contributed by atoms with Crippen LogP contribution in [0.3, 0.4) is 0 Å². The number of pyridine rings is 1. The van der Waals surface area contributed by atoms with Gasteiger partial charge in [0.15, 0.2) is 0 Å². The number of aromatic nitrogens is 1. The van der Waals surface area contributed by atoms with E-state index in [9.17, 15) is 10.1 Å². The van der Waals surface area contributed by atoms with Crippen LogP contribution in [0.25, 0.3) is 0 Å². The van der Waals surface area contributed by atoms with Gasteiger partial charge < -0.3 is 14.5 Å². The largest absolute Gasteiger partial charge is 0.476 e. The van der Waals surface area contributed by atoms with E-state index in [-0.39, 0.29) is 11.6 Å². The van der Waals surface area contributed by atoms with Gasteiger partial charge in [-0.05, 0) is 20.2 Å². The summed E-state index contributed by atoms with van der Waals surface area (Å²) in [5.41, 5.74) is -0.123. The van der Waals surface area contributed by atoms with Crippen molar-refractivity contribution in [2.24, 2.45) is 0 Å². The van der Waals surface area contributed by atoms with Crippen molar-refractivity contribution in [2.45, 2.75) is 0 Å². The Balaban J connectivity index is 2.87. The maximum Gasteiger partial charge on any atom is 0.331 e. The van der Waals surface area contributed by atoms with E-state index in [4.69, 9.17) is 4.74 Å². The van der Waals surface area contributed by atoms with Crippen LogP contribution < -0.4 is 9.64 Å². The molecule has 1 aromatic heterocycles. The van der Waals surface area contributed by atoms with Crippen LogP contribution in [0.15, 0.2) is 12.1 Å². The number of hydrogen-bond acceptors (Lipinski definition) is 6. The Morgan fingerprint density at radius 2 is 2.00 bits per heavy atom. The number of nitro groups is 1. The first kappa shape index (κ1) is 14.2. The zero-order valence-corrected chi connectivity index (χ0v) is 11.1. The Morgan fingerprint density at radius 3 is 2.50 bits per heavy atom. The molecular weight excluding hydrogens is 236 g/mol. The fraction of sp³-hybridized carbons (Fsp3) is 0.545. The SMILES string of the molecule is COc1nc(N(C)CCN(C)C)ccc1[N+](=O)[O-]. The van der Waals surface area contributed by atoms with Gasteiger partial charge in [0.2, 0.25) is 0 Å². The fourth-order valence-electron chi connectivity index (χ4n) is 1.39. The molecule has 0 saturated heterocycles. The van der Waals surface area contributed by atoms with E-state index in [2.05, 4.69) is 9.88 Å². The molecule has 0 N–H and O–H groups in total. The maximum atomic E-state index is 10.7. The molecule has 100 valence electrons. The molecule has 0 aliphatic rings. The normalized spacial score (nSPS) is 10.5. The quantitative estimate of drug-likeness (QED) is 0.557. The standard InChI is InChI=1S/C11H18N4O3/c1-13(2)7-8-14(3)10-6-5-9(15(16)17)11(12-10)18-4/h5-6H,7-8H2,1-4H3. The van der Waals surface area contributed by atoms with Crippen LogP contribution in [0.1, 0.15) is 0 Å². The second kappa shape index (κ2) is 6.15. The lowest BCUT2D eigenvalue weighted by molar-refractivity contribution is -0.386. The van der Waals surface area contributed by atoms with E-state index in [1.165, 1.54) is 13.2 Å². The third-order valence-electron chi connectivity index (χ3n) is 2.49. The van der Waals surface area contributed by atoms with E-state index >= 15 is 0 Å². The minimum absolute atomic E-state index is 0.0363. The lowest BCUT2D eigenvalue weighted by atomic mass is 10.3. The molecule has 7 heteroatoms. The Labute approximate surface area is 106 Å². The Hall–Kier alpha value is -1.89. The molecule has 7 nitrogen and oxygen atoms in total. The molecule has 0 aliphatic heterocycles. The van der Waals surface area contributed by atoms with Crippen molar-refractivity contribution < 1.29 is 9.66 Å². The van der Waals surface area contributed by atoms with Crippen molar-refractivity contribution in [2.75, 3.05) is 46.2 Å². The first-order valence-electron chi connectivity index (χ1n) is 5.51. The smallest absolute Gasteiger partial charge is 0.331 e. The topological polar surface area (TPSA) is 71.7 Å². The molecule has 1 rings (SSSR count). The van der Waals surface area contributed by atoms with E-state index in [1.807, 2.05) is 26.0 Å². The molecule has 0 spiro atoms. The van der Waals surface area contributed by atoms with Crippen molar-refractivity contribution in [1.82, 2.24) is 9.88 Å². The van der Waals surface area contributed by atoms with Gasteiger partial charge in [-0.25, -0.2) is 0 Å². The predicted octanol–water partition coefficient (Wildman–Crippen LogP) is 0.996. The molecule has 0 unspecified atom stereocenters. The molecular formula is C11H18N4O3. The Kier molecular flexibility index (Phi) is 4.85. The van der Waals surface area contributed by atoms with Gasteiger partial charge in [0, 0.05) is 26.2 Å². The van der Waals surface area contributed by atoms with Gasteiger partial charge in [-0.3, -0.25) is 10.1 Å². The highest BCUT2D eigenvalue weighted by atomic mass is 16.6.